The maximum atomic E-state index is 14.0. The lowest BCUT2D eigenvalue weighted by Crippen LogP contribution is -2.39. The Labute approximate surface area is 189 Å². The lowest BCUT2D eigenvalue weighted by atomic mass is 9.88. The summed E-state index contributed by atoms with van der Waals surface area (Å²) in [6, 6.07) is 4.95. The van der Waals surface area contributed by atoms with Crippen LogP contribution >= 0.6 is 11.6 Å². The molecule has 0 amide bonds. The molecule has 0 bridgehead atoms. The first kappa shape index (κ1) is 21.9. The van der Waals surface area contributed by atoms with E-state index in [0.29, 0.717) is 35.5 Å². The third-order valence-corrected chi connectivity index (χ3v) is 6.82. The number of hydrogen-bond acceptors (Lipinski definition) is 4. The predicted molar refractivity (Wildman–Crippen MR) is 118 cm³/mol. The summed E-state index contributed by atoms with van der Waals surface area (Å²) < 4.78 is 50.0. The molecule has 1 aliphatic carbocycles. The van der Waals surface area contributed by atoms with Crippen LogP contribution in [0.25, 0.3) is 21.9 Å². The summed E-state index contributed by atoms with van der Waals surface area (Å²) in [7, 11) is 0. The fourth-order valence-corrected chi connectivity index (χ4v) is 5.22. The van der Waals surface area contributed by atoms with Gasteiger partial charge in [0.2, 0.25) is 0 Å². The zero-order valence-corrected chi connectivity index (χ0v) is 18.5. The SMILES string of the molecule is FC(F)(F)c1nc2cc(Cl)ccc2c2c1nc(C1CCCCC1)n2CCC1CNCCO1. The zero-order valence-electron chi connectivity index (χ0n) is 17.7. The molecule has 1 N–H and O–H groups in total. The average Bonchev–Trinajstić information content (AvgIpc) is 3.17. The summed E-state index contributed by atoms with van der Waals surface area (Å²) >= 11 is 6.10. The second-order valence-electron chi connectivity index (χ2n) is 8.76. The molecule has 5 nitrogen and oxygen atoms in total. The summed E-state index contributed by atoms with van der Waals surface area (Å²) in [5.41, 5.74) is -0.253. The number of nitrogens with one attached hydrogen (secondary N) is 1. The molecule has 2 fully saturated rings. The highest BCUT2D eigenvalue weighted by Gasteiger charge is 2.38. The van der Waals surface area contributed by atoms with Gasteiger partial charge in [0.25, 0.3) is 0 Å². The molecule has 1 atom stereocenters. The quantitative estimate of drug-likeness (QED) is 0.537. The molecule has 1 aliphatic heterocycles. The number of pyridine rings is 1. The molecule has 5 rings (SSSR count). The van der Waals surface area contributed by atoms with Crippen LogP contribution in [0.1, 0.15) is 56.0 Å². The lowest BCUT2D eigenvalue weighted by molar-refractivity contribution is -0.139. The minimum atomic E-state index is -4.60. The average molecular weight is 467 g/mol. The molecule has 1 saturated carbocycles. The number of halogens is 4. The molecule has 1 saturated heterocycles. The van der Waals surface area contributed by atoms with Crippen LogP contribution in [0.5, 0.6) is 0 Å². The molecule has 1 aromatic carbocycles. The van der Waals surface area contributed by atoms with E-state index in [1.54, 1.807) is 12.1 Å². The Morgan fingerprint density at radius 1 is 1.16 bits per heavy atom. The van der Waals surface area contributed by atoms with E-state index in [2.05, 4.69) is 15.3 Å². The number of benzene rings is 1. The van der Waals surface area contributed by atoms with E-state index < -0.39 is 11.9 Å². The van der Waals surface area contributed by atoms with Gasteiger partial charge in [-0.1, -0.05) is 30.9 Å². The molecule has 3 heterocycles. The van der Waals surface area contributed by atoms with Crippen molar-refractivity contribution < 1.29 is 17.9 Å². The smallest absolute Gasteiger partial charge is 0.376 e. The number of morpholine rings is 1. The van der Waals surface area contributed by atoms with Crippen LogP contribution in [0.4, 0.5) is 13.2 Å². The van der Waals surface area contributed by atoms with Crippen molar-refractivity contribution in [3.05, 3.63) is 34.7 Å². The first-order valence-electron chi connectivity index (χ1n) is 11.3. The third kappa shape index (κ3) is 4.20. The Morgan fingerprint density at radius 2 is 1.97 bits per heavy atom. The van der Waals surface area contributed by atoms with Gasteiger partial charge >= 0.3 is 6.18 Å². The lowest BCUT2D eigenvalue weighted by Gasteiger charge is -2.26. The van der Waals surface area contributed by atoms with Crippen LogP contribution in [0.2, 0.25) is 5.02 Å². The van der Waals surface area contributed by atoms with E-state index in [9.17, 15) is 13.2 Å². The van der Waals surface area contributed by atoms with Gasteiger partial charge in [0.15, 0.2) is 5.69 Å². The molecular weight excluding hydrogens is 441 g/mol. The second-order valence-corrected chi connectivity index (χ2v) is 9.20. The van der Waals surface area contributed by atoms with Crippen LogP contribution in [-0.2, 0) is 17.5 Å². The molecule has 0 spiro atoms. The van der Waals surface area contributed by atoms with Gasteiger partial charge in [-0.25, -0.2) is 9.97 Å². The van der Waals surface area contributed by atoms with Gasteiger partial charge in [-0.2, -0.15) is 13.2 Å². The van der Waals surface area contributed by atoms with Crippen molar-refractivity contribution in [2.24, 2.45) is 0 Å². The predicted octanol–water partition coefficient (Wildman–Crippen LogP) is 5.68. The maximum Gasteiger partial charge on any atom is 0.435 e. The monoisotopic (exact) mass is 466 g/mol. The number of fused-ring (bicyclic) bond motifs is 3. The van der Waals surface area contributed by atoms with Gasteiger partial charge < -0.3 is 14.6 Å². The largest absolute Gasteiger partial charge is 0.435 e. The number of ether oxygens (including phenoxy) is 1. The van der Waals surface area contributed by atoms with Crippen molar-refractivity contribution in [1.82, 2.24) is 19.9 Å². The van der Waals surface area contributed by atoms with Crippen molar-refractivity contribution in [1.29, 1.82) is 0 Å². The number of hydrogen-bond donors (Lipinski definition) is 1. The maximum absolute atomic E-state index is 14.0. The zero-order chi connectivity index (χ0) is 22.3. The Hall–Kier alpha value is -1.90. The molecule has 2 aromatic heterocycles. The summed E-state index contributed by atoms with van der Waals surface area (Å²) in [5.74, 6) is 0.906. The third-order valence-electron chi connectivity index (χ3n) is 6.59. The first-order chi connectivity index (χ1) is 15.4. The van der Waals surface area contributed by atoms with Gasteiger partial charge in [0.05, 0.1) is 23.7 Å². The topological polar surface area (TPSA) is 52.0 Å². The number of alkyl halides is 3. The Morgan fingerprint density at radius 3 is 2.69 bits per heavy atom. The molecule has 32 heavy (non-hydrogen) atoms. The molecule has 0 radical (unpaired) electrons. The summed E-state index contributed by atoms with van der Waals surface area (Å²) in [4.78, 5) is 8.60. The number of rotatable bonds is 4. The summed E-state index contributed by atoms with van der Waals surface area (Å²) in [6.45, 7) is 2.77. The fraction of sp³-hybridized carbons (Fsp3) is 0.565. The van der Waals surface area contributed by atoms with E-state index in [0.717, 1.165) is 51.0 Å². The molecule has 1 unspecified atom stereocenters. The number of nitrogens with zero attached hydrogens (tertiary/aromatic N) is 3. The van der Waals surface area contributed by atoms with Crippen molar-refractivity contribution >= 4 is 33.5 Å². The van der Waals surface area contributed by atoms with Gasteiger partial charge in [-0.3, -0.25) is 0 Å². The Kier molecular flexibility index (Phi) is 6.03. The van der Waals surface area contributed by atoms with Crippen molar-refractivity contribution in [3.8, 4) is 0 Å². The van der Waals surface area contributed by atoms with E-state index in [-0.39, 0.29) is 23.1 Å². The molecule has 172 valence electrons. The van der Waals surface area contributed by atoms with Crippen molar-refractivity contribution in [3.63, 3.8) is 0 Å². The fourth-order valence-electron chi connectivity index (χ4n) is 5.05. The highest BCUT2D eigenvalue weighted by molar-refractivity contribution is 6.31. The van der Waals surface area contributed by atoms with Crippen LogP contribution in [-0.4, -0.2) is 40.3 Å². The van der Waals surface area contributed by atoms with Gasteiger partial charge in [-0.15, -0.1) is 0 Å². The molecular formula is C23H26ClF3N4O. The Bertz CT molecular complexity index is 1120. The van der Waals surface area contributed by atoms with Crippen molar-refractivity contribution in [2.75, 3.05) is 19.7 Å². The second kappa shape index (κ2) is 8.80. The van der Waals surface area contributed by atoms with Gasteiger partial charge in [0, 0.05) is 36.0 Å². The number of aromatic nitrogens is 3. The standard InChI is InChI=1S/C23H26ClF3N4O/c24-15-6-7-17-18(12-15)29-21(23(25,26)27)19-20(17)31(10-8-16-13-28-9-11-32-16)22(30-19)14-4-2-1-3-5-14/h6-7,12,14,16,28H,1-5,8-11,13H2. The summed E-state index contributed by atoms with van der Waals surface area (Å²) in [5, 5.41) is 4.33. The molecule has 9 heteroatoms. The van der Waals surface area contributed by atoms with Crippen LogP contribution in [0.15, 0.2) is 18.2 Å². The van der Waals surface area contributed by atoms with E-state index in [1.165, 1.54) is 6.07 Å². The van der Waals surface area contributed by atoms with E-state index in [1.807, 2.05) is 4.57 Å². The minimum Gasteiger partial charge on any atom is -0.376 e. The van der Waals surface area contributed by atoms with E-state index in [4.69, 9.17) is 16.3 Å². The van der Waals surface area contributed by atoms with Crippen molar-refractivity contribution in [2.45, 2.75) is 63.3 Å². The highest BCUT2D eigenvalue weighted by atomic mass is 35.5. The van der Waals surface area contributed by atoms with Crippen LogP contribution in [0, 0.1) is 0 Å². The number of imidazole rings is 1. The highest BCUT2D eigenvalue weighted by Crippen LogP contribution is 2.40. The Balaban J connectivity index is 1.70. The van der Waals surface area contributed by atoms with Gasteiger partial charge in [0.1, 0.15) is 11.3 Å². The first-order valence-corrected chi connectivity index (χ1v) is 11.7. The number of aryl methyl sites for hydroxylation is 1. The van der Waals surface area contributed by atoms with Crippen LogP contribution in [0.3, 0.4) is 0 Å². The van der Waals surface area contributed by atoms with E-state index >= 15 is 0 Å². The molecule has 3 aromatic rings. The van der Waals surface area contributed by atoms with Gasteiger partial charge in [-0.05, 0) is 37.5 Å². The van der Waals surface area contributed by atoms with Crippen LogP contribution < -0.4 is 5.32 Å². The summed E-state index contributed by atoms with van der Waals surface area (Å²) in [6.07, 6.45) is 1.34. The minimum absolute atomic E-state index is 0.0324. The normalized spacial score (nSPS) is 20.9. The molecule has 2 aliphatic rings.